The van der Waals surface area contributed by atoms with Crippen molar-refractivity contribution in [2.45, 2.75) is 63.5 Å². The highest BCUT2D eigenvalue weighted by molar-refractivity contribution is 5.91. The van der Waals surface area contributed by atoms with E-state index in [1.165, 1.54) is 6.92 Å². The van der Waals surface area contributed by atoms with Crippen molar-refractivity contribution in [3.8, 4) is 0 Å². The van der Waals surface area contributed by atoms with Gasteiger partial charge in [0.05, 0.1) is 0 Å². The summed E-state index contributed by atoms with van der Waals surface area (Å²) >= 11 is 0. The summed E-state index contributed by atoms with van der Waals surface area (Å²) in [6.45, 7) is 2.94. The standard InChI is InChI=1S/C14H25N3O2.ClH/c1-11(18)16-14(7-3-2-4-8-14)13(19)17-9-5-12(15)6-10-17;/h12H,2-10,15H2,1H3,(H,16,18);1H. The van der Waals surface area contributed by atoms with E-state index >= 15 is 0 Å². The number of carbonyl (C=O) groups excluding carboxylic acids is 2. The highest BCUT2D eigenvalue weighted by Crippen LogP contribution is 2.31. The van der Waals surface area contributed by atoms with Crippen molar-refractivity contribution >= 4 is 24.2 Å². The summed E-state index contributed by atoms with van der Waals surface area (Å²) in [5.41, 5.74) is 5.23. The second-order valence-electron chi connectivity index (χ2n) is 5.95. The van der Waals surface area contributed by atoms with E-state index in [9.17, 15) is 9.59 Å². The van der Waals surface area contributed by atoms with E-state index in [0.29, 0.717) is 0 Å². The second-order valence-corrected chi connectivity index (χ2v) is 5.95. The number of likely N-dealkylation sites (tertiary alicyclic amines) is 1. The first-order chi connectivity index (χ1) is 9.03. The van der Waals surface area contributed by atoms with Crippen LogP contribution in [0.3, 0.4) is 0 Å². The number of carbonyl (C=O) groups is 2. The van der Waals surface area contributed by atoms with Crippen LogP contribution in [0.1, 0.15) is 51.9 Å². The van der Waals surface area contributed by atoms with Gasteiger partial charge in [0.1, 0.15) is 5.54 Å². The number of hydrogen-bond donors (Lipinski definition) is 2. The molecule has 2 fully saturated rings. The van der Waals surface area contributed by atoms with E-state index in [1.807, 2.05) is 4.90 Å². The molecule has 0 unspecified atom stereocenters. The molecule has 1 saturated heterocycles. The van der Waals surface area contributed by atoms with E-state index in [0.717, 1.165) is 58.0 Å². The number of rotatable bonds is 2. The van der Waals surface area contributed by atoms with Gasteiger partial charge in [0.2, 0.25) is 11.8 Å². The lowest BCUT2D eigenvalue weighted by molar-refractivity contribution is -0.144. The van der Waals surface area contributed by atoms with E-state index < -0.39 is 5.54 Å². The quantitative estimate of drug-likeness (QED) is 0.805. The Kier molecular flexibility index (Phi) is 6.27. The van der Waals surface area contributed by atoms with Crippen LogP contribution in [0.2, 0.25) is 0 Å². The SMILES string of the molecule is CC(=O)NC1(C(=O)N2CCC(N)CC2)CCCCC1.Cl. The Bertz CT molecular complexity index is 348. The number of nitrogens with one attached hydrogen (secondary N) is 1. The Labute approximate surface area is 127 Å². The maximum atomic E-state index is 12.8. The van der Waals surface area contributed by atoms with E-state index in [1.54, 1.807) is 0 Å². The summed E-state index contributed by atoms with van der Waals surface area (Å²) in [4.78, 5) is 26.1. The van der Waals surface area contributed by atoms with Gasteiger partial charge in [-0.3, -0.25) is 9.59 Å². The molecular formula is C14H26ClN3O2. The molecule has 1 aliphatic carbocycles. The zero-order chi connectivity index (χ0) is 13.9. The molecule has 20 heavy (non-hydrogen) atoms. The smallest absolute Gasteiger partial charge is 0.248 e. The molecule has 2 aliphatic rings. The Balaban J connectivity index is 0.00000200. The third-order valence-corrected chi connectivity index (χ3v) is 4.36. The van der Waals surface area contributed by atoms with Crippen LogP contribution >= 0.6 is 12.4 Å². The van der Waals surface area contributed by atoms with Gasteiger partial charge in [-0.2, -0.15) is 0 Å². The first-order valence-electron chi connectivity index (χ1n) is 7.37. The lowest BCUT2D eigenvalue weighted by atomic mass is 9.80. The number of nitrogens with two attached hydrogens (primary N) is 1. The van der Waals surface area contributed by atoms with E-state index in [2.05, 4.69) is 5.32 Å². The predicted molar refractivity (Wildman–Crippen MR) is 80.7 cm³/mol. The summed E-state index contributed by atoms with van der Waals surface area (Å²) in [7, 11) is 0. The fraction of sp³-hybridized carbons (Fsp3) is 0.857. The van der Waals surface area contributed by atoms with Crippen LogP contribution in [0.4, 0.5) is 0 Å². The van der Waals surface area contributed by atoms with Crippen LogP contribution in [0.5, 0.6) is 0 Å². The number of piperidine rings is 1. The van der Waals surface area contributed by atoms with Crippen molar-refractivity contribution in [3.05, 3.63) is 0 Å². The predicted octanol–water partition coefficient (Wildman–Crippen LogP) is 1.20. The Hall–Kier alpha value is -0.810. The lowest BCUT2D eigenvalue weighted by Crippen LogP contribution is -2.61. The Morgan fingerprint density at radius 1 is 1.15 bits per heavy atom. The summed E-state index contributed by atoms with van der Waals surface area (Å²) in [5, 5.41) is 2.94. The van der Waals surface area contributed by atoms with Crippen molar-refractivity contribution in [1.29, 1.82) is 0 Å². The van der Waals surface area contributed by atoms with Gasteiger partial charge in [-0.1, -0.05) is 19.3 Å². The average molecular weight is 304 g/mol. The van der Waals surface area contributed by atoms with Crippen LogP contribution in [0.15, 0.2) is 0 Å². The number of hydrogen-bond acceptors (Lipinski definition) is 3. The summed E-state index contributed by atoms with van der Waals surface area (Å²) in [6.07, 6.45) is 6.45. The Morgan fingerprint density at radius 3 is 2.20 bits per heavy atom. The van der Waals surface area contributed by atoms with Gasteiger partial charge >= 0.3 is 0 Å². The first-order valence-corrected chi connectivity index (χ1v) is 7.37. The van der Waals surface area contributed by atoms with Crippen LogP contribution in [-0.4, -0.2) is 41.4 Å². The molecule has 116 valence electrons. The number of amides is 2. The molecule has 2 amide bonds. The maximum Gasteiger partial charge on any atom is 0.248 e. The minimum atomic E-state index is -0.647. The fourth-order valence-electron chi connectivity index (χ4n) is 3.29. The molecule has 0 bridgehead atoms. The van der Waals surface area contributed by atoms with Crippen molar-refractivity contribution in [1.82, 2.24) is 10.2 Å². The molecule has 1 heterocycles. The largest absolute Gasteiger partial charge is 0.342 e. The number of nitrogens with zero attached hydrogens (tertiary/aromatic N) is 1. The third-order valence-electron chi connectivity index (χ3n) is 4.36. The fourth-order valence-corrected chi connectivity index (χ4v) is 3.29. The van der Waals surface area contributed by atoms with Gasteiger partial charge in [-0.05, 0) is 25.7 Å². The summed E-state index contributed by atoms with van der Waals surface area (Å²) in [5.74, 6) is -0.00161. The number of halogens is 1. The van der Waals surface area contributed by atoms with Gasteiger partial charge in [0.25, 0.3) is 0 Å². The normalized spacial score (nSPS) is 22.8. The van der Waals surface area contributed by atoms with Gasteiger partial charge in [-0.25, -0.2) is 0 Å². The van der Waals surface area contributed by atoms with Gasteiger partial charge < -0.3 is 16.0 Å². The van der Waals surface area contributed by atoms with Gasteiger partial charge in [0.15, 0.2) is 0 Å². The van der Waals surface area contributed by atoms with Crippen LogP contribution < -0.4 is 11.1 Å². The average Bonchev–Trinajstić information content (AvgIpc) is 2.39. The third kappa shape index (κ3) is 3.85. The molecule has 0 aromatic rings. The zero-order valence-corrected chi connectivity index (χ0v) is 13.0. The van der Waals surface area contributed by atoms with Crippen molar-refractivity contribution in [2.24, 2.45) is 5.73 Å². The molecule has 0 radical (unpaired) electrons. The van der Waals surface area contributed by atoms with Crippen LogP contribution in [0, 0.1) is 0 Å². The molecule has 2 rings (SSSR count). The first kappa shape index (κ1) is 17.2. The minimum Gasteiger partial charge on any atom is -0.342 e. The molecular weight excluding hydrogens is 278 g/mol. The summed E-state index contributed by atoms with van der Waals surface area (Å²) in [6, 6.07) is 0.215. The summed E-state index contributed by atoms with van der Waals surface area (Å²) < 4.78 is 0. The maximum absolute atomic E-state index is 12.8. The second kappa shape index (κ2) is 7.27. The zero-order valence-electron chi connectivity index (χ0n) is 12.2. The Morgan fingerprint density at radius 2 is 1.70 bits per heavy atom. The topological polar surface area (TPSA) is 75.4 Å². The van der Waals surface area contributed by atoms with Crippen molar-refractivity contribution < 1.29 is 9.59 Å². The van der Waals surface area contributed by atoms with Crippen LogP contribution in [-0.2, 0) is 9.59 Å². The van der Waals surface area contributed by atoms with Gasteiger partial charge in [0, 0.05) is 26.1 Å². The minimum absolute atomic E-state index is 0. The highest BCUT2D eigenvalue weighted by atomic mass is 35.5. The molecule has 0 aromatic carbocycles. The molecule has 1 aliphatic heterocycles. The molecule has 1 saturated carbocycles. The molecule has 0 atom stereocenters. The molecule has 5 nitrogen and oxygen atoms in total. The van der Waals surface area contributed by atoms with E-state index in [-0.39, 0.29) is 30.3 Å². The highest BCUT2D eigenvalue weighted by Gasteiger charge is 2.43. The monoisotopic (exact) mass is 303 g/mol. The molecule has 3 N–H and O–H groups in total. The van der Waals surface area contributed by atoms with Gasteiger partial charge in [-0.15, -0.1) is 12.4 Å². The van der Waals surface area contributed by atoms with Crippen molar-refractivity contribution in [2.75, 3.05) is 13.1 Å². The lowest BCUT2D eigenvalue weighted by Gasteiger charge is -2.42. The molecule has 0 spiro atoms. The van der Waals surface area contributed by atoms with Crippen LogP contribution in [0.25, 0.3) is 0 Å². The van der Waals surface area contributed by atoms with Crippen molar-refractivity contribution in [3.63, 3.8) is 0 Å². The molecule has 0 aromatic heterocycles. The van der Waals surface area contributed by atoms with E-state index in [4.69, 9.17) is 5.73 Å². The molecule has 6 heteroatoms.